The van der Waals surface area contributed by atoms with Crippen molar-refractivity contribution in [2.45, 2.75) is 58.2 Å². The zero-order chi connectivity index (χ0) is 27.2. The average Bonchev–Trinajstić information content (AvgIpc) is 3.34. The van der Waals surface area contributed by atoms with Gasteiger partial charge in [-0.1, -0.05) is 57.5 Å². The lowest BCUT2D eigenvalue weighted by Crippen LogP contribution is -2.58. The van der Waals surface area contributed by atoms with Crippen molar-refractivity contribution in [1.29, 1.82) is 0 Å². The fraction of sp³-hybridized carbons (Fsp3) is 0.433. The molecule has 2 aromatic carbocycles. The van der Waals surface area contributed by atoms with Crippen LogP contribution in [0, 0.1) is 11.8 Å². The molecular formula is C30H37N3O5. The molecule has 8 nitrogen and oxygen atoms in total. The molecule has 1 saturated heterocycles. The molecule has 4 rings (SSSR count). The largest absolute Gasteiger partial charge is 0.496 e. The summed E-state index contributed by atoms with van der Waals surface area (Å²) in [4.78, 5) is 42.2. The summed E-state index contributed by atoms with van der Waals surface area (Å²) < 4.78 is 11.8. The van der Waals surface area contributed by atoms with Crippen LogP contribution in [0.2, 0.25) is 0 Å². The Bertz CT molecular complexity index is 1180. The van der Waals surface area contributed by atoms with E-state index in [1.807, 2.05) is 57.2 Å². The van der Waals surface area contributed by atoms with Gasteiger partial charge >= 0.3 is 0 Å². The number of carbonyl (C=O) groups is 3. The SMILES string of the molecule is CC[C@H](C)[C@@H]1NC(=O)[C@@H]2[C@H](CCN2C(=O)[C@@H](C)Cc2ccccc2)Oc2ccc(OC)c(c2)/C=C\NC1=O. The lowest BCUT2D eigenvalue weighted by molar-refractivity contribution is -0.143. The lowest BCUT2D eigenvalue weighted by Gasteiger charge is -2.31. The molecule has 0 spiro atoms. The molecule has 0 aliphatic carbocycles. The smallest absolute Gasteiger partial charge is 0.247 e. The molecule has 8 heteroatoms. The van der Waals surface area contributed by atoms with E-state index in [1.165, 1.54) is 0 Å². The summed E-state index contributed by atoms with van der Waals surface area (Å²) in [6.45, 7) is 6.17. The third-order valence-corrected chi connectivity index (χ3v) is 7.47. The zero-order valence-corrected chi connectivity index (χ0v) is 22.5. The van der Waals surface area contributed by atoms with Crippen molar-refractivity contribution in [1.82, 2.24) is 15.5 Å². The number of carbonyl (C=O) groups excluding carboxylic acids is 3. The Morgan fingerprint density at radius 3 is 2.61 bits per heavy atom. The summed E-state index contributed by atoms with van der Waals surface area (Å²) in [6.07, 6.45) is 4.49. The van der Waals surface area contributed by atoms with Crippen LogP contribution in [0.15, 0.2) is 54.7 Å². The zero-order valence-electron chi connectivity index (χ0n) is 22.5. The predicted molar refractivity (Wildman–Crippen MR) is 145 cm³/mol. The first kappa shape index (κ1) is 27.2. The molecule has 2 N–H and O–H groups in total. The average molecular weight is 520 g/mol. The van der Waals surface area contributed by atoms with E-state index < -0.39 is 18.2 Å². The van der Waals surface area contributed by atoms with Gasteiger partial charge in [0.2, 0.25) is 17.7 Å². The molecule has 202 valence electrons. The molecule has 2 aliphatic heterocycles. The minimum Gasteiger partial charge on any atom is -0.496 e. The fourth-order valence-electron chi connectivity index (χ4n) is 5.12. The molecular weight excluding hydrogens is 482 g/mol. The maximum Gasteiger partial charge on any atom is 0.247 e. The number of likely N-dealkylation sites (tertiary alicyclic amines) is 1. The minimum atomic E-state index is -0.862. The number of nitrogens with one attached hydrogen (secondary N) is 2. The van der Waals surface area contributed by atoms with Crippen LogP contribution in [0.5, 0.6) is 11.5 Å². The molecule has 2 bridgehead atoms. The summed E-state index contributed by atoms with van der Waals surface area (Å²) >= 11 is 0. The van der Waals surface area contributed by atoms with E-state index >= 15 is 0 Å². The van der Waals surface area contributed by atoms with Crippen LogP contribution in [-0.4, -0.2) is 54.5 Å². The van der Waals surface area contributed by atoms with Crippen LogP contribution in [0.25, 0.3) is 6.08 Å². The summed E-state index contributed by atoms with van der Waals surface area (Å²) in [6, 6.07) is 13.6. The van der Waals surface area contributed by atoms with Crippen LogP contribution in [0.4, 0.5) is 0 Å². The quantitative estimate of drug-likeness (QED) is 0.609. The van der Waals surface area contributed by atoms with E-state index in [0.717, 1.165) is 11.1 Å². The molecule has 5 atom stereocenters. The number of hydrogen-bond acceptors (Lipinski definition) is 5. The van der Waals surface area contributed by atoms with Crippen LogP contribution < -0.4 is 20.1 Å². The number of benzene rings is 2. The summed E-state index contributed by atoms with van der Waals surface area (Å²) in [5.74, 6) is -0.0573. The Kier molecular flexibility index (Phi) is 8.71. The van der Waals surface area contributed by atoms with Crippen molar-refractivity contribution in [2.75, 3.05) is 13.7 Å². The second kappa shape index (κ2) is 12.2. The maximum absolute atomic E-state index is 13.8. The van der Waals surface area contributed by atoms with E-state index in [4.69, 9.17) is 9.47 Å². The minimum absolute atomic E-state index is 0.106. The number of amides is 3. The maximum atomic E-state index is 13.8. The Labute approximate surface area is 224 Å². The van der Waals surface area contributed by atoms with Crippen molar-refractivity contribution in [3.05, 3.63) is 65.9 Å². The van der Waals surface area contributed by atoms with Crippen LogP contribution in [0.3, 0.4) is 0 Å². The van der Waals surface area contributed by atoms with Gasteiger partial charge in [-0.05, 0) is 42.2 Å². The highest BCUT2D eigenvalue weighted by Gasteiger charge is 2.45. The first-order valence-corrected chi connectivity index (χ1v) is 13.3. The summed E-state index contributed by atoms with van der Waals surface area (Å²) in [5, 5.41) is 5.74. The second-order valence-electron chi connectivity index (χ2n) is 10.1. The number of fused-ring (bicyclic) bond motifs is 3. The van der Waals surface area contributed by atoms with Gasteiger partial charge in [-0.25, -0.2) is 0 Å². The number of nitrogens with zero attached hydrogens (tertiary/aromatic N) is 1. The van der Waals surface area contributed by atoms with Crippen molar-refractivity contribution in [2.24, 2.45) is 11.8 Å². The van der Waals surface area contributed by atoms with Gasteiger partial charge in [0.25, 0.3) is 0 Å². The number of ether oxygens (including phenoxy) is 2. The standard InChI is InChI=1S/C30H37N3O5/c1-5-19(2)26-28(34)31-15-13-22-18-23(11-12-24(22)37-4)38-25-14-16-33(27(25)29(35)32-26)30(36)20(3)17-21-9-7-6-8-10-21/h6-13,15,18-20,25-27H,5,14,16-17H2,1-4H3,(H,31,34)(H,32,35)/b15-13-/t19-,20-,25-,26-,27-/m0/s1. The second-order valence-corrected chi connectivity index (χ2v) is 10.1. The molecule has 2 aliphatic rings. The normalized spacial score (nSPS) is 23.8. The Morgan fingerprint density at radius 2 is 1.89 bits per heavy atom. The molecule has 0 aromatic heterocycles. The Hall–Kier alpha value is -3.81. The molecule has 2 aromatic rings. The van der Waals surface area contributed by atoms with E-state index in [-0.39, 0.29) is 29.6 Å². The van der Waals surface area contributed by atoms with Crippen LogP contribution in [-0.2, 0) is 20.8 Å². The Morgan fingerprint density at radius 1 is 1.13 bits per heavy atom. The van der Waals surface area contributed by atoms with Gasteiger partial charge in [0.15, 0.2) is 0 Å². The van der Waals surface area contributed by atoms with Crippen molar-refractivity contribution in [3.8, 4) is 11.5 Å². The number of methoxy groups -OCH3 is 1. The third-order valence-electron chi connectivity index (χ3n) is 7.47. The van der Waals surface area contributed by atoms with Crippen LogP contribution >= 0.6 is 0 Å². The molecule has 0 saturated carbocycles. The van der Waals surface area contributed by atoms with Gasteiger partial charge in [0.05, 0.1) is 7.11 Å². The van der Waals surface area contributed by atoms with Gasteiger partial charge in [-0.15, -0.1) is 0 Å². The van der Waals surface area contributed by atoms with Gasteiger partial charge in [0, 0.05) is 30.6 Å². The highest BCUT2D eigenvalue weighted by Crippen LogP contribution is 2.30. The first-order valence-electron chi connectivity index (χ1n) is 13.3. The lowest BCUT2D eigenvalue weighted by atomic mass is 9.97. The first-order chi connectivity index (χ1) is 18.3. The van der Waals surface area contributed by atoms with Gasteiger partial charge in [-0.3, -0.25) is 14.4 Å². The number of hydrogen-bond donors (Lipinski definition) is 2. The number of rotatable bonds is 6. The summed E-state index contributed by atoms with van der Waals surface area (Å²) in [7, 11) is 1.58. The molecule has 0 radical (unpaired) electrons. The molecule has 3 amide bonds. The Balaban J connectivity index is 1.67. The van der Waals surface area contributed by atoms with E-state index in [2.05, 4.69) is 10.6 Å². The monoisotopic (exact) mass is 519 g/mol. The van der Waals surface area contributed by atoms with E-state index in [9.17, 15) is 14.4 Å². The van der Waals surface area contributed by atoms with Gasteiger partial charge < -0.3 is 25.0 Å². The highest BCUT2D eigenvalue weighted by molar-refractivity contribution is 5.94. The molecule has 1 fully saturated rings. The fourth-order valence-corrected chi connectivity index (χ4v) is 5.12. The van der Waals surface area contributed by atoms with Crippen LogP contribution in [0.1, 0.15) is 44.7 Å². The summed E-state index contributed by atoms with van der Waals surface area (Å²) in [5.41, 5.74) is 1.79. The van der Waals surface area contributed by atoms with Gasteiger partial charge in [-0.2, -0.15) is 0 Å². The van der Waals surface area contributed by atoms with Crippen molar-refractivity contribution in [3.63, 3.8) is 0 Å². The van der Waals surface area contributed by atoms with Crippen molar-refractivity contribution >= 4 is 23.8 Å². The van der Waals surface area contributed by atoms with Crippen molar-refractivity contribution < 1.29 is 23.9 Å². The van der Waals surface area contributed by atoms with E-state index in [0.29, 0.717) is 37.3 Å². The van der Waals surface area contributed by atoms with E-state index in [1.54, 1.807) is 36.4 Å². The third kappa shape index (κ3) is 6.01. The molecule has 2 heterocycles. The molecule has 0 unspecified atom stereocenters. The topological polar surface area (TPSA) is 97.0 Å². The predicted octanol–water partition coefficient (Wildman–Crippen LogP) is 3.55. The molecule has 38 heavy (non-hydrogen) atoms. The highest BCUT2D eigenvalue weighted by atomic mass is 16.5. The van der Waals surface area contributed by atoms with Gasteiger partial charge in [0.1, 0.15) is 29.7 Å².